The van der Waals surface area contributed by atoms with E-state index in [1.165, 1.54) is 12.1 Å². The average Bonchev–Trinajstić information content (AvgIpc) is 2.82. The molecule has 0 spiro atoms. The summed E-state index contributed by atoms with van der Waals surface area (Å²) in [6.45, 7) is 1.96. The number of carbonyl (C=O) groups excluding carboxylic acids is 1. The zero-order valence-corrected chi connectivity index (χ0v) is 19.3. The summed E-state index contributed by atoms with van der Waals surface area (Å²) in [5.74, 6) is -0.461. The first kappa shape index (κ1) is 23.7. The van der Waals surface area contributed by atoms with Crippen LogP contribution >= 0.6 is 0 Å². The van der Waals surface area contributed by atoms with Crippen molar-refractivity contribution in [1.29, 1.82) is 0 Å². The lowest BCUT2D eigenvalue weighted by molar-refractivity contribution is -0.137. The molecule has 0 aliphatic rings. The number of ether oxygens (including phenoxy) is 1. The third-order valence-electron chi connectivity index (χ3n) is 5.51. The van der Waals surface area contributed by atoms with Gasteiger partial charge in [0.05, 0.1) is 17.7 Å². The van der Waals surface area contributed by atoms with Crippen LogP contribution in [0.2, 0.25) is 0 Å². The number of fused-ring (bicyclic) bond motifs is 1. The molecule has 0 aromatic heterocycles. The van der Waals surface area contributed by atoms with Crippen molar-refractivity contribution in [2.24, 2.45) is 0 Å². The van der Waals surface area contributed by atoms with Gasteiger partial charge in [-0.1, -0.05) is 36.4 Å². The maximum absolute atomic E-state index is 12.9. The first-order valence-corrected chi connectivity index (χ1v) is 12.1. The summed E-state index contributed by atoms with van der Waals surface area (Å²) in [7, 11) is -1.11. The van der Waals surface area contributed by atoms with E-state index in [1.54, 1.807) is 37.4 Å². The summed E-state index contributed by atoms with van der Waals surface area (Å²) in [6, 6.07) is 21.3. The van der Waals surface area contributed by atoms with Crippen LogP contribution in [0.5, 0.6) is 0 Å². The Bertz CT molecular complexity index is 1380. The molecule has 0 aliphatic carbocycles. The molecule has 1 atom stereocenters. The molecular weight excluding hydrogens is 461 g/mol. The first-order chi connectivity index (χ1) is 16.2. The molecule has 4 rings (SSSR count). The number of halogens is 3. The van der Waals surface area contributed by atoms with Gasteiger partial charge in [-0.15, -0.1) is 0 Å². The second-order valence-electron chi connectivity index (χ2n) is 7.73. The molecule has 0 saturated carbocycles. The van der Waals surface area contributed by atoms with E-state index in [-0.39, 0.29) is 6.61 Å². The fraction of sp³-hybridized carbons (Fsp3) is 0.148. The van der Waals surface area contributed by atoms with Gasteiger partial charge in [0, 0.05) is 22.0 Å². The molecule has 1 unspecified atom stereocenters. The lowest BCUT2D eigenvalue weighted by Gasteiger charge is -2.13. The van der Waals surface area contributed by atoms with E-state index in [2.05, 4.69) is 0 Å². The monoisotopic (exact) mass is 482 g/mol. The first-order valence-electron chi connectivity index (χ1n) is 10.5. The fourth-order valence-electron chi connectivity index (χ4n) is 3.80. The zero-order chi connectivity index (χ0) is 24.5. The van der Waals surface area contributed by atoms with Gasteiger partial charge in [0.15, 0.2) is 0 Å². The molecule has 0 amide bonds. The molecule has 0 saturated heterocycles. The lowest BCUT2D eigenvalue weighted by Crippen LogP contribution is -2.05. The SMILES string of the molecule is CCOC(=O)c1cc(-c2ccc(S(C)=O)cc2)c2ccc(-c3ccc(C(F)(F)F)cc3)cc2c1. The molecule has 0 radical (unpaired) electrons. The molecule has 0 bridgehead atoms. The van der Waals surface area contributed by atoms with Crippen LogP contribution in [-0.4, -0.2) is 23.0 Å². The summed E-state index contributed by atoms with van der Waals surface area (Å²) in [6.07, 6.45) is -2.79. The highest BCUT2D eigenvalue weighted by molar-refractivity contribution is 7.84. The van der Waals surface area contributed by atoms with E-state index >= 15 is 0 Å². The lowest BCUT2D eigenvalue weighted by atomic mass is 9.93. The third kappa shape index (κ3) is 4.89. The summed E-state index contributed by atoms with van der Waals surface area (Å²) < 4.78 is 55.7. The normalized spacial score (nSPS) is 12.5. The van der Waals surface area contributed by atoms with Crippen molar-refractivity contribution >= 4 is 27.5 Å². The van der Waals surface area contributed by atoms with Crippen LogP contribution in [0.3, 0.4) is 0 Å². The summed E-state index contributed by atoms with van der Waals surface area (Å²) in [4.78, 5) is 13.2. The summed E-state index contributed by atoms with van der Waals surface area (Å²) >= 11 is 0. The second-order valence-corrected chi connectivity index (χ2v) is 9.11. The van der Waals surface area contributed by atoms with Crippen molar-refractivity contribution in [3.05, 3.63) is 90.0 Å². The predicted molar refractivity (Wildman–Crippen MR) is 128 cm³/mol. The second kappa shape index (κ2) is 9.43. The van der Waals surface area contributed by atoms with Crippen LogP contribution in [0.15, 0.2) is 83.8 Å². The molecule has 0 aliphatic heterocycles. The summed E-state index contributed by atoms with van der Waals surface area (Å²) in [5.41, 5.74) is 2.66. The van der Waals surface area contributed by atoms with Gasteiger partial charge in [-0.05, 0) is 82.4 Å². The van der Waals surface area contributed by atoms with Crippen LogP contribution < -0.4 is 0 Å². The predicted octanol–water partition coefficient (Wildman–Crippen LogP) is 7.11. The molecule has 7 heteroatoms. The van der Waals surface area contributed by atoms with Gasteiger partial charge in [0.1, 0.15) is 0 Å². The number of benzene rings is 4. The number of hydrogen-bond acceptors (Lipinski definition) is 3. The topological polar surface area (TPSA) is 43.4 Å². The number of hydrogen-bond donors (Lipinski definition) is 0. The van der Waals surface area contributed by atoms with Crippen molar-refractivity contribution in [2.75, 3.05) is 12.9 Å². The van der Waals surface area contributed by atoms with Crippen molar-refractivity contribution in [3.8, 4) is 22.3 Å². The van der Waals surface area contributed by atoms with E-state index in [0.29, 0.717) is 16.0 Å². The molecule has 0 fully saturated rings. The molecule has 34 heavy (non-hydrogen) atoms. The number of alkyl halides is 3. The van der Waals surface area contributed by atoms with Crippen molar-refractivity contribution in [3.63, 3.8) is 0 Å². The molecule has 4 aromatic rings. The van der Waals surface area contributed by atoms with Crippen LogP contribution in [0.1, 0.15) is 22.8 Å². The molecule has 0 heterocycles. The number of carbonyl (C=O) groups is 1. The average molecular weight is 483 g/mol. The Kier molecular flexibility index (Phi) is 6.57. The standard InChI is InChI=1S/C27H21F3O3S/c1-3-33-26(31)21-15-20-14-19(17-4-9-22(10-5-17)27(28,29)30)8-13-24(20)25(16-21)18-6-11-23(12-7-18)34(2)32/h4-16H,3H2,1-2H3. The van der Waals surface area contributed by atoms with Gasteiger partial charge < -0.3 is 4.74 Å². The van der Waals surface area contributed by atoms with Gasteiger partial charge in [0.2, 0.25) is 0 Å². The molecule has 174 valence electrons. The zero-order valence-electron chi connectivity index (χ0n) is 18.5. The smallest absolute Gasteiger partial charge is 0.416 e. The third-order valence-corrected chi connectivity index (χ3v) is 6.44. The Balaban J connectivity index is 1.85. The van der Waals surface area contributed by atoms with Gasteiger partial charge in [-0.2, -0.15) is 13.2 Å². The van der Waals surface area contributed by atoms with E-state index < -0.39 is 28.5 Å². The number of esters is 1. The minimum atomic E-state index is -4.40. The molecular formula is C27H21F3O3S. The van der Waals surface area contributed by atoms with Crippen LogP contribution in [-0.2, 0) is 21.7 Å². The Morgan fingerprint density at radius 1 is 0.853 bits per heavy atom. The van der Waals surface area contributed by atoms with Crippen LogP contribution in [0.4, 0.5) is 13.2 Å². The quantitative estimate of drug-likeness (QED) is 0.285. The fourth-order valence-corrected chi connectivity index (χ4v) is 4.32. The highest BCUT2D eigenvalue weighted by Gasteiger charge is 2.30. The van der Waals surface area contributed by atoms with Crippen molar-refractivity contribution < 1.29 is 26.9 Å². The van der Waals surface area contributed by atoms with Gasteiger partial charge in [0.25, 0.3) is 0 Å². The van der Waals surface area contributed by atoms with Gasteiger partial charge >= 0.3 is 12.1 Å². The maximum atomic E-state index is 12.9. The van der Waals surface area contributed by atoms with Crippen molar-refractivity contribution in [1.82, 2.24) is 0 Å². The van der Waals surface area contributed by atoms with E-state index in [9.17, 15) is 22.2 Å². The Morgan fingerprint density at radius 2 is 1.47 bits per heavy atom. The largest absolute Gasteiger partial charge is 0.462 e. The van der Waals surface area contributed by atoms with Gasteiger partial charge in [-0.3, -0.25) is 4.21 Å². The highest BCUT2D eigenvalue weighted by atomic mass is 32.2. The van der Waals surface area contributed by atoms with E-state index in [1.807, 2.05) is 30.3 Å². The minimum absolute atomic E-state index is 0.231. The van der Waals surface area contributed by atoms with Crippen molar-refractivity contribution in [2.45, 2.75) is 18.0 Å². The minimum Gasteiger partial charge on any atom is -0.462 e. The van der Waals surface area contributed by atoms with Crippen LogP contribution in [0.25, 0.3) is 33.0 Å². The Labute approximate surface area is 197 Å². The Morgan fingerprint density at radius 3 is 2.06 bits per heavy atom. The van der Waals surface area contributed by atoms with Gasteiger partial charge in [-0.25, -0.2) is 4.79 Å². The number of rotatable bonds is 5. The maximum Gasteiger partial charge on any atom is 0.416 e. The van der Waals surface area contributed by atoms with E-state index in [0.717, 1.165) is 39.6 Å². The highest BCUT2D eigenvalue weighted by Crippen LogP contribution is 2.35. The van der Waals surface area contributed by atoms with E-state index in [4.69, 9.17) is 4.74 Å². The molecule has 3 nitrogen and oxygen atoms in total. The molecule has 0 N–H and O–H groups in total. The summed E-state index contributed by atoms with van der Waals surface area (Å²) in [5, 5.41) is 1.62. The van der Waals surface area contributed by atoms with Crippen LogP contribution in [0, 0.1) is 0 Å². The Hall–Kier alpha value is -3.45. The molecule has 4 aromatic carbocycles.